The van der Waals surface area contributed by atoms with E-state index < -0.39 is 6.61 Å². The molecular weight excluding hydrogens is 554 g/mol. The van der Waals surface area contributed by atoms with Crippen molar-refractivity contribution in [2.24, 2.45) is 17.8 Å². The average Bonchev–Trinajstić information content (AvgIpc) is 3.26. The van der Waals surface area contributed by atoms with Gasteiger partial charge < -0.3 is 19.4 Å². The fourth-order valence-corrected chi connectivity index (χ4v) is 7.63. The molecule has 212 valence electrons. The number of ketones is 1. The smallest absolute Gasteiger partial charge is 0.388 e. The molecule has 1 saturated carbocycles. The first-order chi connectivity index (χ1) is 19.8. The Balaban J connectivity index is 1.04. The number of halogens is 2. The third-order valence-corrected chi connectivity index (χ3v) is 9.40. The number of rotatable bonds is 7. The zero-order valence-electron chi connectivity index (χ0n) is 22.1. The standard InChI is InChI=1S/C28H26F2N6O4S/c1-12-6-7-14(8-18(12)37)10-31-26(38)35-27-34-17-9-15-22-21(24(17)41-27)13(2)36(23(15)22)28-32-11-19(39-28)16-4-3-5-20(33-16)40-25(29)30/h3-8,11-13,15,21-23,25H,9-10H2,1-2H3,(H2,31,34,35,38)/t12?,13-,15-,21?,22-,23-/m0/s1. The average molecular weight is 581 g/mol. The van der Waals surface area contributed by atoms with Crippen LogP contribution in [0.25, 0.3) is 11.5 Å². The predicted octanol–water partition coefficient (Wildman–Crippen LogP) is 4.78. The van der Waals surface area contributed by atoms with Crippen molar-refractivity contribution in [3.8, 4) is 17.3 Å². The van der Waals surface area contributed by atoms with Gasteiger partial charge in [0, 0.05) is 41.4 Å². The van der Waals surface area contributed by atoms with Gasteiger partial charge in [0.25, 0.3) is 6.01 Å². The molecule has 4 aliphatic rings. The number of thiazole rings is 1. The molecule has 41 heavy (non-hydrogen) atoms. The number of urea groups is 1. The molecule has 3 aromatic heterocycles. The molecule has 1 saturated heterocycles. The summed E-state index contributed by atoms with van der Waals surface area (Å²) in [5.74, 6) is 1.16. The minimum absolute atomic E-state index is 0.0280. The van der Waals surface area contributed by atoms with Crippen LogP contribution < -0.4 is 20.3 Å². The number of oxazole rings is 1. The Hall–Kier alpha value is -4.13. The molecule has 4 heterocycles. The number of carbonyl (C=O) groups excluding carboxylic acids is 2. The van der Waals surface area contributed by atoms with Gasteiger partial charge in [0.1, 0.15) is 5.69 Å². The first kappa shape index (κ1) is 25.8. The maximum atomic E-state index is 12.6. The highest BCUT2D eigenvalue weighted by atomic mass is 32.1. The third kappa shape index (κ3) is 4.57. The molecule has 10 nitrogen and oxygen atoms in total. The van der Waals surface area contributed by atoms with Crippen molar-refractivity contribution in [3.63, 3.8) is 0 Å². The highest BCUT2D eigenvalue weighted by Crippen LogP contribution is 2.66. The number of pyridine rings is 1. The minimum Gasteiger partial charge on any atom is -0.422 e. The fourth-order valence-electron chi connectivity index (χ4n) is 6.39. The number of amides is 2. The molecule has 1 aliphatic heterocycles. The molecule has 2 amide bonds. The zero-order chi connectivity index (χ0) is 28.4. The van der Waals surface area contributed by atoms with E-state index in [1.54, 1.807) is 24.4 Å². The summed E-state index contributed by atoms with van der Waals surface area (Å²) in [5.41, 5.74) is 2.14. The fraction of sp³-hybridized carbons (Fsp3) is 0.393. The van der Waals surface area contributed by atoms with Crippen LogP contribution in [0.4, 0.5) is 24.7 Å². The van der Waals surface area contributed by atoms with Gasteiger partial charge in [-0.3, -0.25) is 10.1 Å². The Morgan fingerprint density at radius 1 is 1.29 bits per heavy atom. The number of nitrogens with zero attached hydrogens (tertiary/aromatic N) is 4. The van der Waals surface area contributed by atoms with Crippen LogP contribution in [0.1, 0.15) is 30.3 Å². The Kier molecular flexibility index (Phi) is 6.14. The summed E-state index contributed by atoms with van der Waals surface area (Å²) in [6, 6.07) is 5.04. The van der Waals surface area contributed by atoms with E-state index >= 15 is 0 Å². The number of hydrogen-bond donors (Lipinski definition) is 2. The van der Waals surface area contributed by atoms with Crippen LogP contribution in [-0.4, -0.2) is 52.0 Å². The maximum absolute atomic E-state index is 12.6. The number of aromatic nitrogens is 3. The molecule has 2 N–H and O–H groups in total. The predicted molar refractivity (Wildman–Crippen MR) is 146 cm³/mol. The van der Waals surface area contributed by atoms with Gasteiger partial charge >= 0.3 is 12.6 Å². The van der Waals surface area contributed by atoms with E-state index in [9.17, 15) is 18.4 Å². The van der Waals surface area contributed by atoms with Gasteiger partial charge in [-0.1, -0.05) is 25.1 Å². The number of allylic oxidation sites excluding steroid dienone is 2. The van der Waals surface area contributed by atoms with Gasteiger partial charge in [0.2, 0.25) is 5.88 Å². The molecule has 13 heteroatoms. The van der Waals surface area contributed by atoms with Crippen molar-refractivity contribution < 1.29 is 27.5 Å². The molecule has 0 spiro atoms. The van der Waals surface area contributed by atoms with E-state index in [0.717, 1.165) is 17.7 Å². The van der Waals surface area contributed by atoms with Gasteiger partial charge in [-0.25, -0.2) is 19.7 Å². The van der Waals surface area contributed by atoms with E-state index in [2.05, 4.69) is 37.2 Å². The molecule has 0 aromatic carbocycles. The second-order valence-electron chi connectivity index (χ2n) is 10.8. The Morgan fingerprint density at radius 2 is 2.15 bits per heavy atom. The number of piperidine rings is 1. The minimum atomic E-state index is -2.96. The molecule has 2 fully saturated rings. The van der Waals surface area contributed by atoms with E-state index in [-0.39, 0.29) is 48.2 Å². The number of ether oxygens (including phenoxy) is 1. The van der Waals surface area contributed by atoms with Crippen LogP contribution in [0.2, 0.25) is 0 Å². The quantitative estimate of drug-likeness (QED) is 0.410. The van der Waals surface area contributed by atoms with Crippen LogP contribution in [0.15, 0.2) is 52.6 Å². The number of carbonyl (C=O) groups is 2. The number of alkyl halides is 2. The molecule has 3 aromatic rings. The third-order valence-electron chi connectivity index (χ3n) is 8.29. The molecule has 3 aliphatic carbocycles. The highest BCUT2D eigenvalue weighted by molar-refractivity contribution is 7.16. The zero-order valence-corrected chi connectivity index (χ0v) is 22.9. The van der Waals surface area contributed by atoms with Crippen LogP contribution in [-0.2, 0) is 11.2 Å². The monoisotopic (exact) mass is 580 g/mol. The second kappa shape index (κ2) is 9.75. The summed E-state index contributed by atoms with van der Waals surface area (Å²) >= 11 is 1.50. The summed E-state index contributed by atoms with van der Waals surface area (Å²) in [4.78, 5) is 41.2. The van der Waals surface area contributed by atoms with E-state index in [4.69, 9.17) is 9.40 Å². The van der Waals surface area contributed by atoms with Crippen molar-refractivity contribution in [3.05, 3.63) is 58.8 Å². The summed E-state index contributed by atoms with van der Waals surface area (Å²) in [5, 5.41) is 6.20. The molecule has 0 bridgehead atoms. The van der Waals surface area contributed by atoms with Gasteiger partial charge in [-0.15, -0.1) is 11.3 Å². The van der Waals surface area contributed by atoms with Crippen molar-refractivity contribution in [1.29, 1.82) is 0 Å². The second-order valence-corrected chi connectivity index (χ2v) is 11.8. The van der Waals surface area contributed by atoms with Crippen LogP contribution in [0.3, 0.4) is 0 Å². The van der Waals surface area contributed by atoms with Crippen LogP contribution in [0, 0.1) is 17.8 Å². The lowest BCUT2D eigenvalue weighted by molar-refractivity contribution is -0.116. The Morgan fingerprint density at radius 3 is 2.95 bits per heavy atom. The van der Waals surface area contributed by atoms with Gasteiger partial charge in [-0.2, -0.15) is 8.78 Å². The maximum Gasteiger partial charge on any atom is 0.388 e. The van der Waals surface area contributed by atoms with Crippen molar-refractivity contribution >= 4 is 34.3 Å². The highest BCUT2D eigenvalue weighted by Gasteiger charge is 2.69. The Labute approximate surface area is 237 Å². The molecule has 7 rings (SSSR count). The lowest BCUT2D eigenvalue weighted by Crippen LogP contribution is -2.37. The number of nitrogens with one attached hydrogen (secondary N) is 2. The van der Waals surface area contributed by atoms with E-state index in [1.165, 1.54) is 22.3 Å². The largest absolute Gasteiger partial charge is 0.422 e. The normalized spacial score (nSPS) is 27.4. The van der Waals surface area contributed by atoms with Gasteiger partial charge in [0.05, 0.1) is 11.9 Å². The number of fused-ring (bicyclic) bond motifs is 3. The van der Waals surface area contributed by atoms with Crippen LogP contribution in [0.5, 0.6) is 5.88 Å². The van der Waals surface area contributed by atoms with Crippen molar-refractivity contribution in [1.82, 2.24) is 20.3 Å². The first-order valence-electron chi connectivity index (χ1n) is 13.4. The summed E-state index contributed by atoms with van der Waals surface area (Å²) in [7, 11) is 0. The van der Waals surface area contributed by atoms with E-state index in [0.29, 0.717) is 34.4 Å². The summed E-state index contributed by atoms with van der Waals surface area (Å²) in [6.45, 7) is 1.26. The Bertz CT molecular complexity index is 1600. The molecule has 2 unspecified atom stereocenters. The van der Waals surface area contributed by atoms with Gasteiger partial charge in [-0.05, 0) is 42.9 Å². The molecule has 6 atom stereocenters. The number of anilines is 2. The number of hydrogen-bond acceptors (Lipinski definition) is 9. The molecular formula is C28H26F2N6O4S. The van der Waals surface area contributed by atoms with Crippen molar-refractivity contribution in [2.45, 2.75) is 44.9 Å². The molecule has 0 radical (unpaired) electrons. The first-order valence-corrected chi connectivity index (χ1v) is 14.2. The van der Waals surface area contributed by atoms with Gasteiger partial charge in [0.15, 0.2) is 16.7 Å². The van der Waals surface area contributed by atoms with Crippen LogP contribution >= 0.6 is 11.3 Å². The topological polar surface area (TPSA) is 122 Å². The lowest BCUT2D eigenvalue weighted by Gasteiger charge is -2.31. The summed E-state index contributed by atoms with van der Waals surface area (Å²) in [6.07, 6.45) is 7.61. The lowest BCUT2D eigenvalue weighted by atomic mass is 9.87. The van der Waals surface area contributed by atoms with Crippen molar-refractivity contribution in [2.75, 3.05) is 16.8 Å². The summed E-state index contributed by atoms with van der Waals surface area (Å²) < 4.78 is 35.7. The van der Waals surface area contributed by atoms with E-state index in [1.807, 2.05) is 19.1 Å². The SMILES string of the molecule is CC1C=CC(CNC(=O)Nc2nc3c(s2)C2[C@@H]4[C@H](C3)[C@@H]4N(c3ncc(-c4cccc(OC(F)F)n4)o3)[C@H]2C)=CC1=O.